The Hall–Kier alpha value is -1.46. The quantitative estimate of drug-likeness (QED) is 0.895. The van der Waals surface area contributed by atoms with Crippen LogP contribution in [0.5, 0.6) is 11.5 Å². The minimum absolute atomic E-state index is 0.103. The van der Waals surface area contributed by atoms with Gasteiger partial charge in [0.15, 0.2) is 11.5 Å². The Morgan fingerprint density at radius 1 is 1.40 bits per heavy atom. The molecule has 1 aromatic rings. The number of carbonyl (C=O) groups excluding carboxylic acids is 1. The molecule has 20 heavy (non-hydrogen) atoms. The minimum Gasteiger partial charge on any atom is -0.486 e. The number of nitrogens with one attached hydrogen (secondary N) is 1. The van der Waals surface area contributed by atoms with E-state index in [1.54, 1.807) is 12.1 Å². The highest BCUT2D eigenvalue weighted by Gasteiger charge is 2.22. The van der Waals surface area contributed by atoms with Gasteiger partial charge in [0.1, 0.15) is 13.2 Å². The average molecular weight is 299 g/mol. The topological polar surface area (TPSA) is 73.6 Å². The number of hydrogen-bond acceptors (Lipinski definition) is 4. The molecular weight excluding hydrogens is 280 g/mol. The number of benzene rings is 1. The highest BCUT2D eigenvalue weighted by Crippen LogP contribution is 2.38. The second kappa shape index (κ2) is 6.33. The maximum absolute atomic E-state index is 12.1. The van der Waals surface area contributed by atoms with Gasteiger partial charge in [0.2, 0.25) is 5.91 Å². The average Bonchev–Trinajstić information content (AvgIpc) is 2.46. The predicted octanol–water partition coefficient (Wildman–Crippen LogP) is 2.42. The van der Waals surface area contributed by atoms with Crippen LogP contribution in [-0.2, 0) is 4.79 Å². The van der Waals surface area contributed by atoms with Crippen molar-refractivity contribution in [2.45, 2.75) is 26.3 Å². The van der Waals surface area contributed by atoms with Crippen molar-refractivity contribution in [1.29, 1.82) is 0 Å². The van der Waals surface area contributed by atoms with Gasteiger partial charge in [-0.3, -0.25) is 4.79 Å². The molecule has 0 spiro atoms. The molecule has 0 radical (unpaired) electrons. The van der Waals surface area contributed by atoms with E-state index in [-0.39, 0.29) is 11.8 Å². The SMILES string of the molecule is CCC(C)[C@H](N)C(=O)Nc1cc2c(cc1Cl)OCCO2. The Labute approximate surface area is 123 Å². The molecule has 0 bridgehead atoms. The summed E-state index contributed by atoms with van der Waals surface area (Å²) in [6.45, 7) is 4.91. The Balaban J connectivity index is 2.15. The van der Waals surface area contributed by atoms with Crippen molar-refractivity contribution in [3.8, 4) is 11.5 Å². The summed E-state index contributed by atoms with van der Waals surface area (Å²) in [5.74, 6) is 1.02. The number of fused-ring (bicyclic) bond motifs is 1. The minimum atomic E-state index is -0.565. The van der Waals surface area contributed by atoms with Gasteiger partial charge in [0.25, 0.3) is 0 Å². The lowest BCUT2D eigenvalue weighted by atomic mass is 9.99. The number of nitrogens with two attached hydrogens (primary N) is 1. The van der Waals surface area contributed by atoms with Gasteiger partial charge in [-0.25, -0.2) is 0 Å². The molecule has 1 aromatic carbocycles. The maximum atomic E-state index is 12.1. The van der Waals surface area contributed by atoms with Crippen molar-refractivity contribution in [2.75, 3.05) is 18.5 Å². The summed E-state index contributed by atoms with van der Waals surface area (Å²) in [5.41, 5.74) is 6.38. The van der Waals surface area contributed by atoms with Gasteiger partial charge in [-0.2, -0.15) is 0 Å². The molecule has 0 saturated heterocycles. The van der Waals surface area contributed by atoms with E-state index >= 15 is 0 Å². The monoisotopic (exact) mass is 298 g/mol. The van der Waals surface area contributed by atoms with Crippen LogP contribution in [0.25, 0.3) is 0 Å². The fourth-order valence-corrected chi connectivity index (χ4v) is 2.09. The third-order valence-corrected chi connectivity index (χ3v) is 3.76. The van der Waals surface area contributed by atoms with E-state index in [0.29, 0.717) is 35.4 Å². The van der Waals surface area contributed by atoms with Gasteiger partial charge < -0.3 is 20.5 Å². The highest BCUT2D eigenvalue weighted by molar-refractivity contribution is 6.34. The zero-order valence-electron chi connectivity index (χ0n) is 11.6. The van der Waals surface area contributed by atoms with E-state index in [4.69, 9.17) is 26.8 Å². The van der Waals surface area contributed by atoms with Crippen LogP contribution in [0.4, 0.5) is 5.69 Å². The molecule has 0 aliphatic carbocycles. The summed E-state index contributed by atoms with van der Waals surface area (Å²) >= 11 is 6.13. The molecule has 2 atom stereocenters. The standard InChI is InChI=1S/C14H19ClN2O3/c1-3-8(2)13(16)14(18)17-10-7-12-11(6-9(10)15)19-4-5-20-12/h6-8,13H,3-5,16H2,1-2H3,(H,17,18)/t8?,13-/m0/s1. The molecular formula is C14H19ClN2O3. The Morgan fingerprint density at radius 2 is 2.00 bits per heavy atom. The molecule has 1 amide bonds. The largest absolute Gasteiger partial charge is 0.486 e. The van der Waals surface area contributed by atoms with Crippen LogP contribution in [-0.4, -0.2) is 25.2 Å². The summed E-state index contributed by atoms with van der Waals surface area (Å²) in [6.07, 6.45) is 0.837. The summed E-state index contributed by atoms with van der Waals surface area (Å²) in [7, 11) is 0. The summed E-state index contributed by atoms with van der Waals surface area (Å²) in [4.78, 5) is 12.1. The number of carbonyl (C=O) groups is 1. The lowest BCUT2D eigenvalue weighted by molar-refractivity contribution is -0.118. The number of halogens is 1. The number of amides is 1. The fourth-order valence-electron chi connectivity index (χ4n) is 1.89. The third kappa shape index (κ3) is 3.16. The molecule has 3 N–H and O–H groups in total. The van der Waals surface area contributed by atoms with E-state index < -0.39 is 6.04 Å². The summed E-state index contributed by atoms with van der Waals surface area (Å²) in [5, 5.41) is 3.15. The van der Waals surface area contributed by atoms with Crippen LogP contribution >= 0.6 is 11.6 Å². The van der Waals surface area contributed by atoms with Gasteiger partial charge >= 0.3 is 0 Å². The van der Waals surface area contributed by atoms with E-state index in [9.17, 15) is 4.79 Å². The Morgan fingerprint density at radius 3 is 2.60 bits per heavy atom. The number of hydrogen-bond donors (Lipinski definition) is 2. The van der Waals surface area contributed by atoms with Crippen molar-refractivity contribution in [1.82, 2.24) is 0 Å². The van der Waals surface area contributed by atoms with Gasteiger partial charge in [-0.05, 0) is 5.92 Å². The van der Waals surface area contributed by atoms with Crippen molar-refractivity contribution in [3.05, 3.63) is 17.2 Å². The molecule has 0 aromatic heterocycles. The molecule has 0 fully saturated rings. The smallest absolute Gasteiger partial charge is 0.241 e. The normalized spacial score (nSPS) is 16.4. The lowest BCUT2D eigenvalue weighted by Crippen LogP contribution is -2.40. The number of anilines is 1. The molecule has 2 rings (SSSR count). The predicted molar refractivity (Wildman–Crippen MR) is 78.5 cm³/mol. The fraction of sp³-hybridized carbons (Fsp3) is 0.500. The molecule has 6 heteroatoms. The lowest BCUT2D eigenvalue weighted by Gasteiger charge is -2.21. The highest BCUT2D eigenvalue weighted by atomic mass is 35.5. The molecule has 5 nitrogen and oxygen atoms in total. The summed E-state index contributed by atoms with van der Waals surface area (Å²) in [6, 6.07) is 2.74. The van der Waals surface area contributed by atoms with Crippen LogP contribution in [0.3, 0.4) is 0 Å². The van der Waals surface area contributed by atoms with Gasteiger partial charge in [-0.15, -0.1) is 0 Å². The van der Waals surface area contributed by atoms with E-state index in [1.807, 2.05) is 13.8 Å². The maximum Gasteiger partial charge on any atom is 0.241 e. The first kappa shape index (κ1) is 14.9. The van der Waals surface area contributed by atoms with Crippen LogP contribution in [0.2, 0.25) is 5.02 Å². The molecule has 1 unspecified atom stereocenters. The molecule has 1 heterocycles. The summed E-state index contributed by atoms with van der Waals surface area (Å²) < 4.78 is 10.9. The third-order valence-electron chi connectivity index (χ3n) is 3.45. The van der Waals surface area contributed by atoms with Crippen molar-refractivity contribution < 1.29 is 14.3 Å². The van der Waals surface area contributed by atoms with Crippen LogP contribution in [0.15, 0.2) is 12.1 Å². The van der Waals surface area contributed by atoms with Crippen molar-refractivity contribution in [3.63, 3.8) is 0 Å². The van der Waals surface area contributed by atoms with Crippen LogP contribution in [0.1, 0.15) is 20.3 Å². The van der Waals surface area contributed by atoms with Crippen LogP contribution < -0.4 is 20.5 Å². The van der Waals surface area contributed by atoms with Gasteiger partial charge in [-0.1, -0.05) is 31.9 Å². The molecule has 1 aliphatic rings. The van der Waals surface area contributed by atoms with E-state index in [0.717, 1.165) is 6.42 Å². The molecule has 110 valence electrons. The molecule has 0 saturated carbocycles. The number of ether oxygens (including phenoxy) is 2. The first-order valence-electron chi connectivity index (χ1n) is 6.68. The second-order valence-electron chi connectivity index (χ2n) is 4.88. The first-order valence-corrected chi connectivity index (χ1v) is 7.06. The molecule has 1 aliphatic heterocycles. The number of rotatable bonds is 4. The van der Waals surface area contributed by atoms with Crippen LogP contribution in [0, 0.1) is 5.92 Å². The Bertz CT molecular complexity index is 507. The zero-order valence-corrected chi connectivity index (χ0v) is 12.4. The van der Waals surface area contributed by atoms with Crippen molar-refractivity contribution in [2.24, 2.45) is 11.7 Å². The second-order valence-corrected chi connectivity index (χ2v) is 5.28. The van der Waals surface area contributed by atoms with E-state index in [2.05, 4.69) is 5.32 Å². The van der Waals surface area contributed by atoms with Gasteiger partial charge in [0, 0.05) is 12.1 Å². The van der Waals surface area contributed by atoms with Crippen molar-refractivity contribution >= 4 is 23.2 Å². The first-order chi connectivity index (χ1) is 9.52. The van der Waals surface area contributed by atoms with Gasteiger partial charge in [0.05, 0.1) is 16.8 Å². The Kier molecular flexibility index (Phi) is 4.73. The van der Waals surface area contributed by atoms with E-state index in [1.165, 1.54) is 0 Å². The zero-order chi connectivity index (χ0) is 14.7.